The molecule has 0 atom stereocenters. The predicted molar refractivity (Wildman–Crippen MR) is 26.8 cm³/mol. The van der Waals surface area contributed by atoms with Gasteiger partial charge >= 0.3 is 0 Å². The largest absolute Gasteiger partial charge is 0.412 e. The molecule has 0 aromatic carbocycles. The lowest BCUT2D eigenvalue weighted by Crippen LogP contribution is -1.27. The highest BCUT2D eigenvalue weighted by Gasteiger charge is 1.35. The summed E-state index contributed by atoms with van der Waals surface area (Å²) in [6.07, 6.45) is 1.25. The van der Waals surface area contributed by atoms with Crippen molar-refractivity contribution < 1.29 is 5.48 Å². The topological polar surface area (TPSA) is 31.5 Å². The van der Waals surface area contributed by atoms with Crippen LogP contribution in [0.15, 0.2) is 0 Å². The molecule has 0 bridgehead atoms. The Morgan fingerprint density at radius 1 is 1.20 bits per heavy atom. The molecular weight excluding hydrogens is 87.5 g/mol. The fourth-order valence-corrected chi connectivity index (χ4v) is 0. The van der Waals surface area contributed by atoms with Crippen molar-refractivity contribution in [2.24, 2.45) is 0 Å². The first-order valence-corrected chi connectivity index (χ1v) is 1.41. The fourth-order valence-electron chi connectivity index (χ4n) is 0. The Morgan fingerprint density at radius 3 is 1.20 bits per heavy atom. The van der Waals surface area contributed by atoms with Crippen LogP contribution in [0.1, 0.15) is 20.3 Å². The van der Waals surface area contributed by atoms with Crippen molar-refractivity contribution in [3.8, 4) is 0 Å². The molecule has 0 radical (unpaired) electrons. The van der Waals surface area contributed by atoms with Gasteiger partial charge in [0.1, 0.15) is 0 Å². The van der Waals surface area contributed by atoms with E-state index in [0.29, 0.717) is 0 Å². The lowest BCUT2D eigenvalue weighted by Gasteiger charge is -1.48. The molecule has 0 aliphatic heterocycles. The summed E-state index contributed by atoms with van der Waals surface area (Å²) in [7, 11) is 0. The maximum absolute atomic E-state index is 2.12. The van der Waals surface area contributed by atoms with Gasteiger partial charge in [0.15, 0.2) is 0 Å². The third kappa shape index (κ3) is 344. The van der Waals surface area contributed by atoms with Crippen LogP contribution in [0.2, 0.25) is 0 Å². The van der Waals surface area contributed by atoms with Crippen LogP contribution in [-0.4, -0.2) is 5.48 Å². The molecule has 0 saturated heterocycles. The summed E-state index contributed by atoms with van der Waals surface area (Å²) in [5.74, 6) is 0. The molecule has 0 unspecified atom stereocenters. The summed E-state index contributed by atoms with van der Waals surface area (Å²) in [5.41, 5.74) is 0. The second-order valence-corrected chi connectivity index (χ2v) is 0.707. The summed E-state index contributed by atoms with van der Waals surface area (Å²) in [5, 5.41) is 0. The predicted octanol–water partition coefficient (Wildman–Crippen LogP) is 1.01. The van der Waals surface area contributed by atoms with Gasteiger partial charge in [-0.3, -0.25) is 0 Å². The average Bonchev–Trinajstić information content (AvgIpc) is 0.918. The Labute approximate surface area is 39.1 Å². The Morgan fingerprint density at radius 2 is 1.20 bits per heavy atom. The smallest absolute Gasteiger partial charge is 0.0590 e. The Hall–Kier alpha value is 0.250. The molecule has 36 valence electrons. The van der Waals surface area contributed by atoms with E-state index in [1.165, 1.54) is 6.42 Å². The molecule has 0 rings (SSSR count). The fraction of sp³-hybridized carbons (Fsp3) is 1.00. The van der Waals surface area contributed by atoms with Crippen LogP contribution in [0.3, 0.4) is 0 Å². The van der Waals surface area contributed by atoms with Crippen LogP contribution >= 0.6 is 12.4 Å². The minimum atomic E-state index is 0. The molecule has 5 heavy (non-hydrogen) atoms. The molecule has 0 aliphatic rings. The summed E-state index contributed by atoms with van der Waals surface area (Å²) in [4.78, 5) is 0. The molecule has 0 heterocycles. The van der Waals surface area contributed by atoms with E-state index in [0.717, 1.165) is 0 Å². The maximum atomic E-state index is 2.12. The molecule has 2 heteroatoms. The molecule has 2 N–H and O–H groups in total. The first-order chi connectivity index (χ1) is 1.41. The molecule has 1 nitrogen and oxygen atoms in total. The van der Waals surface area contributed by atoms with Crippen molar-refractivity contribution in [2.45, 2.75) is 20.3 Å². The molecule has 0 aromatic heterocycles. The van der Waals surface area contributed by atoms with E-state index >= 15 is 0 Å². The quantitative estimate of drug-likeness (QED) is 0.433. The first-order valence-electron chi connectivity index (χ1n) is 1.41. The third-order valence-electron chi connectivity index (χ3n) is 0. The van der Waals surface area contributed by atoms with E-state index in [1.807, 2.05) is 0 Å². The number of hydrogen-bond acceptors (Lipinski definition) is 0. The van der Waals surface area contributed by atoms with Crippen molar-refractivity contribution in [1.82, 2.24) is 0 Å². The molecule has 0 amide bonds. The normalized spacial score (nSPS) is 3.60. The van der Waals surface area contributed by atoms with E-state index in [-0.39, 0.29) is 17.9 Å². The Kier molecular flexibility index (Phi) is 108. The van der Waals surface area contributed by atoms with Crippen molar-refractivity contribution in [1.29, 1.82) is 0 Å². The Balaban J connectivity index is -0.0000000200. The van der Waals surface area contributed by atoms with Crippen molar-refractivity contribution in [3.63, 3.8) is 0 Å². The standard InChI is InChI=1S/C3H8.ClH.H2O/c1-3-2;;/h3H2,1-2H3;1H;1H2. The van der Waals surface area contributed by atoms with Gasteiger partial charge in [-0.25, -0.2) is 0 Å². The van der Waals surface area contributed by atoms with Gasteiger partial charge in [-0.15, -0.1) is 12.4 Å². The number of rotatable bonds is 0. The van der Waals surface area contributed by atoms with Gasteiger partial charge in [0.25, 0.3) is 0 Å². The van der Waals surface area contributed by atoms with E-state index in [1.54, 1.807) is 0 Å². The lowest BCUT2D eigenvalue weighted by atomic mass is 10.6. The SMILES string of the molecule is CCC.Cl.O. The Bertz CT molecular complexity index is 6.85. The maximum Gasteiger partial charge on any atom is -0.0590 e. The van der Waals surface area contributed by atoms with Crippen LogP contribution in [0, 0.1) is 0 Å². The first kappa shape index (κ1) is 18.7. The highest BCUT2D eigenvalue weighted by atomic mass is 35.5. The molecule has 0 saturated carbocycles. The molecule has 0 aromatic rings. The summed E-state index contributed by atoms with van der Waals surface area (Å²) < 4.78 is 0. The summed E-state index contributed by atoms with van der Waals surface area (Å²) in [6.45, 7) is 4.25. The molecule has 0 spiro atoms. The van der Waals surface area contributed by atoms with Gasteiger partial charge in [0.05, 0.1) is 0 Å². The zero-order valence-electron chi connectivity index (χ0n) is 3.62. The van der Waals surface area contributed by atoms with Crippen molar-refractivity contribution in [3.05, 3.63) is 0 Å². The molecule has 0 aliphatic carbocycles. The van der Waals surface area contributed by atoms with Crippen LogP contribution in [-0.2, 0) is 0 Å². The van der Waals surface area contributed by atoms with Crippen molar-refractivity contribution in [2.75, 3.05) is 0 Å². The van der Waals surface area contributed by atoms with Gasteiger partial charge < -0.3 is 5.48 Å². The second kappa shape index (κ2) is 28.7. The lowest BCUT2D eigenvalue weighted by molar-refractivity contribution is 0.824. The number of hydrogen-bond donors (Lipinski definition) is 0. The summed E-state index contributed by atoms with van der Waals surface area (Å²) >= 11 is 0. The second-order valence-electron chi connectivity index (χ2n) is 0.707. The van der Waals surface area contributed by atoms with Gasteiger partial charge in [-0.05, 0) is 0 Å². The highest BCUT2D eigenvalue weighted by molar-refractivity contribution is 5.85. The monoisotopic (exact) mass is 98.0 g/mol. The third-order valence-corrected chi connectivity index (χ3v) is 0. The minimum Gasteiger partial charge on any atom is -0.412 e. The zero-order chi connectivity index (χ0) is 2.71. The van der Waals surface area contributed by atoms with E-state index in [9.17, 15) is 0 Å². The van der Waals surface area contributed by atoms with Crippen LogP contribution < -0.4 is 0 Å². The van der Waals surface area contributed by atoms with Gasteiger partial charge in [-0.1, -0.05) is 20.3 Å². The van der Waals surface area contributed by atoms with Crippen LogP contribution in [0.4, 0.5) is 0 Å². The van der Waals surface area contributed by atoms with Gasteiger partial charge in [0, 0.05) is 0 Å². The molecular formula is C3H11ClO. The van der Waals surface area contributed by atoms with E-state index in [2.05, 4.69) is 13.8 Å². The van der Waals surface area contributed by atoms with E-state index < -0.39 is 0 Å². The zero-order valence-corrected chi connectivity index (χ0v) is 4.43. The summed E-state index contributed by atoms with van der Waals surface area (Å²) in [6, 6.07) is 0. The average molecular weight is 98.6 g/mol. The minimum absolute atomic E-state index is 0. The highest BCUT2D eigenvalue weighted by Crippen LogP contribution is 1.56. The van der Waals surface area contributed by atoms with E-state index in [4.69, 9.17) is 0 Å². The van der Waals surface area contributed by atoms with Gasteiger partial charge in [0.2, 0.25) is 0 Å². The van der Waals surface area contributed by atoms with Gasteiger partial charge in [-0.2, -0.15) is 0 Å². The van der Waals surface area contributed by atoms with Crippen LogP contribution in [0.25, 0.3) is 0 Å². The van der Waals surface area contributed by atoms with Crippen molar-refractivity contribution >= 4 is 12.4 Å². The van der Waals surface area contributed by atoms with Crippen LogP contribution in [0.5, 0.6) is 0 Å². The molecule has 0 fully saturated rings. The number of halogens is 1.